The van der Waals surface area contributed by atoms with E-state index in [9.17, 15) is 4.79 Å². The lowest BCUT2D eigenvalue weighted by molar-refractivity contribution is 0.0935. The van der Waals surface area contributed by atoms with Crippen LogP contribution in [-0.4, -0.2) is 10.9 Å². The Kier molecular flexibility index (Phi) is 5.62. The summed E-state index contributed by atoms with van der Waals surface area (Å²) in [6.45, 7) is 1.99. The number of carbonyl (C=O) groups excluding carboxylic acids is 1. The molecule has 0 aliphatic rings. The number of halogens is 3. The second kappa shape index (κ2) is 7.25. The molecular weight excluding hydrogens is 375 g/mol. The molecule has 110 valence electrons. The number of benzene rings is 1. The molecule has 0 saturated heterocycles. The Morgan fingerprint density at radius 3 is 2.81 bits per heavy atom. The zero-order chi connectivity index (χ0) is 15.4. The quantitative estimate of drug-likeness (QED) is 0.747. The molecule has 1 N–H and O–H groups in total. The van der Waals surface area contributed by atoms with Crippen molar-refractivity contribution in [1.82, 2.24) is 10.3 Å². The number of aromatic nitrogens is 1. The molecule has 0 aliphatic carbocycles. The predicted molar refractivity (Wildman–Crippen MR) is 88.9 cm³/mol. The van der Waals surface area contributed by atoms with Crippen LogP contribution in [0.2, 0.25) is 10.2 Å². The monoisotopic (exact) mass is 386 g/mol. The minimum absolute atomic E-state index is 0.133. The first-order valence-electron chi connectivity index (χ1n) is 6.38. The molecular formula is C15H13BrCl2N2O. The minimum atomic E-state index is -0.263. The number of nitrogens with one attached hydrogen (secondary N) is 1. The van der Waals surface area contributed by atoms with Gasteiger partial charge in [-0.15, -0.1) is 0 Å². The predicted octanol–water partition coefficient (Wildman–Crippen LogP) is 5.03. The molecule has 1 unspecified atom stereocenters. The van der Waals surface area contributed by atoms with E-state index < -0.39 is 0 Å². The van der Waals surface area contributed by atoms with Crippen LogP contribution in [0.25, 0.3) is 0 Å². The van der Waals surface area contributed by atoms with Crippen molar-refractivity contribution in [3.05, 3.63) is 62.3 Å². The van der Waals surface area contributed by atoms with E-state index in [4.69, 9.17) is 23.2 Å². The summed E-state index contributed by atoms with van der Waals surface area (Å²) in [5.74, 6) is -0.263. The molecule has 2 rings (SSSR count). The molecule has 1 aromatic heterocycles. The van der Waals surface area contributed by atoms with Gasteiger partial charge in [0.2, 0.25) is 0 Å². The summed E-state index contributed by atoms with van der Waals surface area (Å²) in [5, 5.41) is 3.77. The summed E-state index contributed by atoms with van der Waals surface area (Å²) in [5.41, 5.74) is 1.30. The standard InChI is InChI=1S/C15H13BrCl2N2O/c1-2-13(9-4-3-5-11(17)6-9)20-15(21)12-7-10(16)8-19-14(12)18/h3-8,13H,2H2,1H3,(H,20,21). The lowest BCUT2D eigenvalue weighted by Crippen LogP contribution is -2.28. The third kappa shape index (κ3) is 4.19. The molecule has 0 bridgehead atoms. The van der Waals surface area contributed by atoms with E-state index in [-0.39, 0.29) is 17.1 Å². The highest BCUT2D eigenvalue weighted by molar-refractivity contribution is 9.10. The third-order valence-electron chi connectivity index (χ3n) is 3.01. The van der Waals surface area contributed by atoms with Gasteiger partial charge in [-0.3, -0.25) is 4.79 Å². The highest BCUT2D eigenvalue weighted by Gasteiger charge is 2.17. The molecule has 3 nitrogen and oxygen atoms in total. The number of carbonyl (C=O) groups is 1. The minimum Gasteiger partial charge on any atom is -0.345 e. The molecule has 2 aromatic rings. The lowest BCUT2D eigenvalue weighted by atomic mass is 10.0. The molecule has 1 heterocycles. The highest BCUT2D eigenvalue weighted by atomic mass is 79.9. The van der Waals surface area contributed by atoms with Gasteiger partial charge >= 0.3 is 0 Å². The van der Waals surface area contributed by atoms with Crippen molar-refractivity contribution < 1.29 is 4.79 Å². The van der Waals surface area contributed by atoms with E-state index in [2.05, 4.69) is 26.2 Å². The van der Waals surface area contributed by atoms with E-state index in [1.54, 1.807) is 18.3 Å². The van der Waals surface area contributed by atoms with Crippen molar-refractivity contribution >= 4 is 45.0 Å². The van der Waals surface area contributed by atoms with Crippen molar-refractivity contribution in [3.8, 4) is 0 Å². The molecule has 0 fully saturated rings. The van der Waals surface area contributed by atoms with Gasteiger partial charge in [0, 0.05) is 15.7 Å². The molecule has 0 spiro atoms. The summed E-state index contributed by atoms with van der Waals surface area (Å²) in [7, 11) is 0. The number of hydrogen-bond acceptors (Lipinski definition) is 2. The number of hydrogen-bond donors (Lipinski definition) is 1. The Labute approximate surface area is 141 Å². The third-order valence-corrected chi connectivity index (χ3v) is 3.98. The van der Waals surface area contributed by atoms with Gasteiger partial charge in [0.05, 0.1) is 11.6 Å². The molecule has 1 amide bonds. The maximum Gasteiger partial charge on any atom is 0.254 e. The van der Waals surface area contributed by atoms with E-state index >= 15 is 0 Å². The fraction of sp³-hybridized carbons (Fsp3) is 0.200. The van der Waals surface area contributed by atoms with Crippen molar-refractivity contribution in [1.29, 1.82) is 0 Å². The van der Waals surface area contributed by atoms with Crippen LogP contribution in [0.4, 0.5) is 0 Å². The van der Waals surface area contributed by atoms with Crippen molar-refractivity contribution in [2.45, 2.75) is 19.4 Å². The second-order valence-electron chi connectivity index (χ2n) is 4.48. The van der Waals surface area contributed by atoms with Crippen molar-refractivity contribution in [2.75, 3.05) is 0 Å². The number of nitrogens with zero attached hydrogens (tertiary/aromatic N) is 1. The number of pyridine rings is 1. The van der Waals surface area contributed by atoms with Gasteiger partial charge in [0.1, 0.15) is 5.15 Å². The maximum atomic E-state index is 12.4. The summed E-state index contributed by atoms with van der Waals surface area (Å²) >= 11 is 15.3. The van der Waals surface area contributed by atoms with Crippen LogP contribution < -0.4 is 5.32 Å². The molecule has 1 atom stereocenters. The van der Waals surface area contributed by atoms with Gasteiger partial charge in [-0.25, -0.2) is 4.98 Å². The van der Waals surface area contributed by atoms with Crippen LogP contribution in [0.1, 0.15) is 35.3 Å². The van der Waals surface area contributed by atoms with E-state index in [0.717, 1.165) is 12.0 Å². The lowest BCUT2D eigenvalue weighted by Gasteiger charge is -2.18. The van der Waals surface area contributed by atoms with Gasteiger partial charge in [-0.2, -0.15) is 0 Å². The maximum absolute atomic E-state index is 12.4. The summed E-state index contributed by atoms with van der Waals surface area (Å²) in [6, 6.07) is 8.95. The average Bonchev–Trinajstić information content (AvgIpc) is 2.47. The van der Waals surface area contributed by atoms with Crippen molar-refractivity contribution in [3.63, 3.8) is 0 Å². The molecule has 0 saturated carbocycles. The van der Waals surface area contributed by atoms with Crippen LogP contribution in [0.3, 0.4) is 0 Å². The Bertz CT molecular complexity index is 664. The Morgan fingerprint density at radius 1 is 1.38 bits per heavy atom. The molecule has 6 heteroatoms. The average molecular weight is 388 g/mol. The van der Waals surface area contributed by atoms with Crippen LogP contribution >= 0.6 is 39.1 Å². The SMILES string of the molecule is CCC(NC(=O)c1cc(Br)cnc1Cl)c1cccc(Cl)c1. The summed E-state index contributed by atoms with van der Waals surface area (Å²) < 4.78 is 0.702. The number of rotatable bonds is 4. The van der Waals surface area contributed by atoms with Crippen LogP contribution in [0.5, 0.6) is 0 Å². The van der Waals surface area contributed by atoms with Gasteiger partial charge in [-0.05, 0) is 46.1 Å². The second-order valence-corrected chi connectivity index (χ2v) is 6.19. The topological polar surface area (TPSA) is 42.0 Å². The first kappa shape index (κ1) is 16.3. The zero-order valence-electron chi connectivity index (χ0n) is 11.2. The fourth-order valence-corrected chi connectivity index (χ4v) is 2.68. The normalized spacial score (nSPS) is 12.0. The summed E-state index contributed by atoms with van der Waals surface area (Å²) in [6.07, 6.45) is 2.29. The molecule has 1 aromatic carbocycles. The number of amides is 1. The van der Waals surface area contributed by atoms with E-state index in [1.807, 2.05) is 25.1 Å². The van der Waals surface area contributed by atoms with Gasteiger partial charge in [0.15, 0.2) is 0 Å². The first-order valence-corrected chi connectivity index (χ1v) is 7.93. The highest BCUT2D eigenvalue weighted by Crippen LogP contribution is 2.23. The first-order chi connectivity index (χ1) is 10.0. The Balaban J connectivity index is 2.22. The molecule has 0 aliphatic heterocycles. The zero-order valence-corrected chi connectivity index (χ0v) is 14.3. The summed E-state index contributed by atoms with van der Waals surface area (Å²) in [4.78, 5) is 16.3. The van der Waals surface area contributed by atoms with Crippen LogP contribution in [0, 0.1) is 0 Å². The molecule has 21 heavy (non-hydrogen) atoms. The van der Waals surface area contributed by atoms with E-state index in [0.29, 0.717) is 15.1 Å². The van der Waals surface area contributed by atoms with Crippen molar-refractivity contribution in [2.24, 2.45) is 0 Å². The Hall–Kier alpha value is -1.10. The van der Waals surface area contributed by atoms with Gasteiger partial charge < -0.3 is 5.32 Å². The Morgan fingerprint density at radius 2 is 2.14 bits per heavy atom. The smallest absolute Gasteiger partial charge is 0.254 e. The largest absolute Gasteiger partial charge is 0.345 e. The van der Waals surface area contributed by atoms with Crippen LogP contribution in [0.15, 0.2) is 41.0 Å². The van der Waals surface area contributed by atoms with Gasteiger partial charge in [-0.1, -0.05) is 42.3 Å². The van der Waals surface area contributed by atoms with Crippen LogP contribution in [-0.2, 0) is 0 Å². The van der Waals surface area contributed by atoms with Gasteiger partial charge in [0.25, 0.3) is 5.91 Å². The fourth-order valence-electron chi connectivity index (χ4n) is 1.96. The molecule has 0 radical (unpaired) electrons. The van der Waals surface area contributed by atoms with E-state index in [1.165, 1.54) is 0 Å².